The zero-order chi connectivity index (χ0) is 35.5. The fourth-order valence-electron chi connectivity index (χ4n) is 5.11. The van der Waals surface area contributed by atoms with E-state index in [0.29, 0.717) is 5.56 Å². The molecule has 1 fully saturated rings. The third-order valence-electron chi connectivity index (χ3n) is 10.1. The first-order chi connectivity index (χ1) is 21.3. The van der Waals surface area contributed by atoms with Crippen LogP contribution >= 0.6 is 0 Å². The summed E-state index contributed by atoms with van der Waals surface area (Å²) in [6.45, 7) is 21.8. The number of benzene rings is 1. The Hall–Kier alpha value is -2.67. The Morgan fingerprint density at radius 1 is 1.00 bits per heavy atom. The number of hydrogen-bond acceptors (Lipinski definition) is 9. The molecule has 0 saturated carbocycles. The van der Waals surface area contributed by atoms with Crippen molar-refractivity contribution in [3.8, 4) is 0 Å². The summed E-state index contributed by atoms with van der Waals surface area (Å²) in [6, 6.07) is 8.37. The molecule has 1 aromatic heterocycles. The highest BCUT2D eigenvalue weighted by atomic mass is 32.2. The highest BCUT2D eigenvalue weighted by molar-refractivity contribution is 7.90. The van der Waals surface area contributed by atoms with Gasteiger partial charge in [-0.15, -0.1) is 0 Å². The molecule has 260 valence electrons. The Kier molecular flexibility index (Phi) is 9.76. The maximum absolute atomic E-state index is 13.7. The number of hydrogen-bond donors (Lipinski definition) is 1. The van der Waals surface area contributed by atoms with Gasteiger partial charge in [-0.05, 0) is 55.3 Å². The van der Waals surface area contributed by atoms with Crippen LogP contribution in [0.5, 0.6) is 0 Å². The highest BCUT2D eigenvalue weighted by Crippen LogP contribution is 2.52. The second kappa shape index (κ2) is 12.3. The summed E-state index contributed by atoms with van der Waals surface area (Å²) in [7, 11) is -8.30. The van der Waals surface area contributed by atoms with Crippen LogP contribution in [0.15, 0.2) is 57.2 Å². The minimum absolute atomic E-state index is 0.0871. The fourth-order valence-corrected chi connectivity index (χ4v) is 8.65. The van der Waals surface area contributed by atoms with Gasteiger partial charge in [0.25, 0.3) is 21.6 Å². The zero-order valence-corrected chi connectivity index (χ0v) is 32.3. The van der Waals surface area contributed by atoms with Crippen LogP contribution in [0.2, 0.25) is 36.3 Å². The second-order valence-corrected chi connectivity index (χ2v) is 26.4. The fraction of sp³-hybridized carbons (Fsp3) is 0.594. The minimum atomic E-state index is -4.40. The van der Waals surface area contributed by atoms with Gasteiger partial charge in [0.15, 0.2) is 28.5 Å². The van der Waals surface area contributed by atoms with Gasteiger partial charge in [0.2, 0.25) is 0 Å². The predicted molar refractivity (Wildman–Crippen MR) is 185 cm³/mol. The number of aryl methyl sites for hydroxylation is 1. The molecule has 1 saturated heterocycles. The highest BCUT2D eigenvalue weighted by Gasteiger charge is 2.68. The van der Waals surface area contributed by atoms with Crippen molar-refractivity contribution in [2.45, 2.75) is 109 Å². The van der Waals surface area contributed by atoms with Crippen LogP contribution in [0.4, 0.5) is 0 Å². The van der Waals surface area contributed by atoms with E-state index in [0.717, 1.165) is 9.98 Å². The van der Waals surface area contributed by atoms with Crippen molar-refractivity contribution < 1.29 is 31.0 Å². The molecule has 47 heavy (non-hydrogen) atoms. The van der Waals surface area contributed by atoms with E-state index in [1.807, 2.05) is 33.9 Å². The predicted octanol–water partition coefficient (Wildman–Crippen LogP) is 4.54. The Labute approximate surface area is 279 Å². The van der Waals surface area contributed by atoms with E-state index in [9.17, 15) is 22.8 Å². The molecule has 12 nitrogen and oxygen atoms in total. The van der Waals surface area contributed by atoms with Crippen molar-refractivity contribution in [3.63, 3.8) is 0 Å². The van der Waals surface area contributed by atoms with E-state index in [2.05, 4.69) is 39.2 Å². The first-order valence-corrected chi connectivity index (χ1v) is 22.9. The van der Waals surface area contributed by atoms with Gasteiger partial charge in [0, 0.05) is 24.4 Å². The van der Waals surface area contributed by atoms with Crippen LogP contribution in [0.25, 0.3) is 0 Å². The van der Waals surface area contributed by atoms with Crippen molar-refractivity contribution in [1.82, 2.24) is 14.5 Å². The summed E-state index contributed by atoms with van der Waals surface area (Å²) in [5.41, 5.74) is -2.65. The molecule has 2 aromatic rings. The van der Waals surface area contributed by atoms with Crippen molar-refractivity contribution >= 4 is 32.7 Å². The molecule has 3 heterocycles. The first-order valence-electron chi connectivity index (χ1n) is 15.6. The minimum Gasteiger partial charge on any atom is -0.414 e. The van der Waals surface area contributed by atoms with Crippen LogP contribution in [0.1, 0.15) is 63.7 Å². The topological polar surface area (TPSA) is 144 Å². The number of aromatic nitrogens is 2. The van der Waals surface area contributed by atoms with Gasteiger partial charge in [0.05, 0.1) is 17.7 Å². The summed E-state index contributed by atoms with van der Waals surface area (Å²) in [5, 5.41) is 3.11. The van der Waals surface area contributed by atoms with Gasteiger partial charge in [-0.3, -0.25) is 18.7 Å². The normalized spacial score (nSPS) is 24.9. The molecular weight excluding hydrogens is 659 g/mol. The molecule has 1 N–H and O–H groups in total. The van der Waals surface area contributed by atoms with E-state index in [1.165, 1.54) is 17.8 Å². The van der Waals surface area contributed by atoms with Crippen LogP contribution in [-0.2, 0) is 34.9 Å². The molecule has 1 aromatic carbocycles. The lowest BCUT2D eigenvalue weighted by Gasteiger charge is -2.44. The molecule has 0 radical (unpaired) electrons. The number of ether oxygens (including phenoxy) is 1. The van der Waals surface area contributed by atoms with Gasteiger partial charge in [-0.25, -0.2) is 8.98 Å². The quantitative estimate of drug-likeness (QED) is 0.309. The van der Waals surface area contributed by atoms with Crippen molar-refractivity contribution in [2.24, 2.45) is 7.05 Å². The van der Waals surface area contributed by atoms with Crippen LogP contribution in [0, 0.1) is 6.92 Å². The molecule has 1 spiro atoms. The Morgan fingerprint density at radius 2 is 1.57 bits per heavy atom. The monoisotopic (exact) mass is 707 g/mol. The van der Waals surface area contributed by atoms with E-state index in [-0.39, 0.29) is 27.9 Å². The number of carbonyl (C=O) groups excluding carboxylic acids is 1. The maximum Gasteiger partial charge on any atom is 0.332 e. The number of carbonyl (C=O) groups is 1. The molecule has 15 heteroatoms. The van der Waals surface area contributed by atoms with Crippen LogP contribution in [-0.4, -0.2) is 64.5 Å². The van der Waals surface area contributed by atoms with E-state index < -0.39 is 67.9 Å². The van der Waals surface area contributed by atoms with Gasteiger partial charge in [-0.1, -0.05) is 59.7 Å². The van der Waals surface area contributed by atoms with Gasteiger partial charge < -0.3 is 18.9 Å². The third kappa shape index (κ3) is 6.93. The first kappa shape index (κ1) is 37.2. The summed E-state index contributed by atoms with van der Waals surface area (Å²) in [4.78, 5) is 40.0. The SMILES string of the molecule is Cc1cn([C@@H]2O[C@H](CO[Si](C)(C)C(C)(C)C)[C@@]3(OS(=O)(=O)C=C3NC(=O)c3ccccc3)[C@H]2O[Si](C)(C)C(C)(C)C)c(=O)n(C)c1=O. The molecule has 1 amide bonds. The Bertz CT molecular complexity index is 1790. The molecule has 0 aliphatic carbocycles. The number of amides is 1. The molecule has 2 aliphatic rings. The summed E-state index contributed by atoms with van der Waals surface area (Å²) < 4.78 is 55.5. The van der Waals surface area contributed by atoms with Gasteiger partial charge in [-0.2, -0.15) is 8.42 Å². The lowest BCUT2D eigenvalue weighted by Crippen LogP contribution is -2.60. The van der Waals surface area contributed by atoms with Crippen molar-refractivity contribution in [1.29, 1.82) is 0 Å². The van der Waals surface area contributed by atoms with Gasteiger partial charge in [0.1, 0.15) is 12.2 Å². The molecule has 2 aliphatic heterocycles. The van der Waals surface area contributed by atoms with Crippen LogP contribution < -0.4 is 16.6 Å². The number of nitrogens with zero attached hydrogens (tertiary/aromatic N) is 2. The van der Waals surface area contributed by atoms with Crippen LogP contribution in [0.3, 0.4) is 0 Å². The van der Waals surface area contributed by atoms with Gasteiger partial charge >= 0.3 is 5.69 Å². The van der Waals surface area contributed by atoms with Crippen molar-refractivity contribution in [3.05, 3.63) is 79.6 Å². The standard InChI is InChI=1S/C32H49N3O9SSi2/c1-21-18-35(29(38)34(8)27(21)37)28-25(43-47(11,12)31(5,6)7)32(24(42-28)19-41-46(9,10)30(2,3)4)23(20-45(39,40)44-32)33-26(36)22-16-14-13-15-17-22/h13-18,20,24-25,28H,19H2,1-12H3,(H,33,36)/t24-,25+,28-,32-/m1/s1. The smallest absolute Gasteiger partial charge is 0.332 e. The zero-order valence-electron chi connectivity index (χ0n) is 29.5. The van der Waals surface area contributed by atoms with E-state index in [4.69, 9.17) is 17.8 Å². The third-order valence-corrected chi connectivity index (χ3v) is 20.1. The summed E-state index contributed by atoms with van der Waals surface area (Å²) in [5.74, 6) is -0.564. The largest absolute Gasteiger partial charge is 0.414 e. The molecule has 4 rings (SSSR count). The summed E-state index contributed by atoms with van der Waals surface area (Å²) in [6.07, 6.45) is -2.32. The number of rotatable bonds is 8. The average Bonchev–Trinajstić information content (AvgIpc) is 3.39. The molecular formula is C32H49N3O9SSi2. The van der Waals surface area contributed by atoms with E-state index >= 15 is 0 Å². The average molecular weight is 708 g/mol. The maximum atomic E-state index is 13.7. The van der Waals surface area contributed by atoms with E-state index in [1.54, 1.807) is 37.3 Å². The summed E-state index contributed by atoms with van der Waals surface area (Å²) >= 11 is 0. The molecule has 0 unspecified atom stereocenters. The Morgan fingerprint density at radius 3 is 2.13 bits per heavy atom. The molecule has 0 bridgehead atoms. The van der Waals surface area contributed by atoms with Crippen molar-refractivity contribution in [2.75, 3.05) is 6.61 Å². The second-order valence-electron chi connectivity index (χ2n) is 15.5. The molecule has 4 atom stereocenters. The Balaban J connectivity index is 2.00. The lowest BCUT2D eigenvalue weighted by molar-refractivity contribution is -0.0571. The number of nitrogens with one attached hydrogen (secondary N) is 1. The lowest BCUT2D eigenvalue weighted by atomic mass is 9.88.